The summed E-state index contributed by atoms with van der Waals surface area (Å²) in [5, 5.41) is 4.25. The van der Waals surface area contributed by atoms with E-state index in [4.69, 9.17) is 11.6 Å². The van der Waals surface area contributed by atoms with Gasteiger partial charge in [-0.1, -0.05) is 30.5 Å². The molecular formula is C14H20ClN. The standard InChI is InChI=1S/C14H20ClN/c1-10-7-12(9-13(15)8-10)14(16-2)6-5-11-3-4-11/h7-9,11,14,16H,3-6H2,1-2H3. The zero-order valence-electron chi connectivity index (χ0n) is 10.1. The molecule has 0 heterocycles. The molecule has 0 saturated heterocycles. The first-order chi connectivity index (χ1) is 7.69. The van der Waals surface area contributed by atoms with Gasteiger partial charge in [0, 0.05) is 11.1 Å². The van der Waals surface area contributed by atoms with Crippen LogP contribution in [0.15, 0.2) is 18.2 Å². The van der Waals surface area contributed by atoms with Gasteiger partial charge in [0.15, 0.2) is 0 Å². The summed E-state index contributed by atoms with van der Waals surface area (Å²) in [6.07, 6.45) is 5.44. The molecule has 1 aromatic rings. The number of nitrogens with one attached hydrogen (secondary N) is 1. The molecule has 1 atom stereocenters. The highest BCUT2D eigenvalue weighted by atomic mass is 35.5. The summed E-state index contributed by atoms with van der Waals surface area (Å²) in [6.45, 7) is 2.10. The van der Waals surface area contributed by atoms with Crippen LogP contribution in [0, 0.1) is 12.8 Å². The maximum Gasteiger partial charge on any atom is 0.0411 e. The van der Waals surface area contributed by atoms with Gasteiger partial charge in [0.1, 0.15) is 0 Å². The summed E-state index contributed by atoms with van der Waals surface area (Å²) >= 11 is 6.10. The van der Waals surface area contributed by atoms with Gasteiger partial charge in [-0.05, 0) is 56.0 Å². The van der Waals surface area contributed by atoms with Crippen LogP contribution < -0.4 is 5.32 Å². The summed E-state index contributed by atoms with van der Waals surface area (Å²) in [7, 11) is 2.04. The van der Waals surface area contributed by atoms with Crippen molar-refractivity contribution < 1.29 is 0 Å². The molecule has 88 valence electrons. The topological polar surface area (TPSA) is 12.0 Å². The first kappa shape index (κ1) is 11.9. The minimum Gasteiger partial charge on any atom is -0.313 e. The van der Waals surface area contributed by atoms with Gasteiger partial charge in [0.05, 0.1) is 0 Å². The highest BCUT2D eigenvalue weighted by Gasteiger charge is 2.22. The number of benzene rings is 1. The minimum atomic E-state index is 0.456. The third kappa shape index (κ3) is 3.23. The van der Waals surface area contributed by atoms with Crippen LogP contribution in [0.5, 0.6) is 0 Å². The van der Waals surface area contributed by atoms with Crippen molar-refractivity contribution in [1.82, 2.24) is 5.32 Å². The van der Waals surface area contributed by atoms with Crippen LogP contribution in [-0.2, 0) is 0 Å². The van der Waals surface area contributed by atoms with E-state index in [1.165, 1.54) is 36.8 Å². The summed E-state index contributed by atoms with van der Waals surface area (Å²) in [5.74, 6) is 0.996. The molecule has 0 spiro atoms. The molecule has 1 aliphatic carbocycles. The monoisotopic (exact) mass is 237 g/mol. The Morgan fingerprint density at radius 1 is 1.38 bits per heavy atom. The van der Waals surface area contributed by atoms with Crippen LogP contribution in [-0.4, -0.2) is 7.05 Å². The third-order valence-electron chi connectivity index (χ3n) is 3.38. The van der Waals surface area contributed by atoms with E-state index in [-0.39, 0.29) is 0 Å². The Balaban J connectivity index is 2.04. The highest BCUT2D eigenvalue weighted by molar-refractivity contribution is 6.30. The van der Waals surface area contributed by atoms with Crippen LogP contribution in [0.25, 0.3) is 0 Å². The molecule has 1 fully saturated rings. The predicted octanol–water partition coefficient (Wildman–Crippen LogP) is 4.10. The molecule has 1 aliphatic rings. The molecule has 16 heavy (non-hydrogen) atoms. The van der Waals surface area contributed by atoms with Gasteiger partial charge in [0.2, 0.25) is 0 Å². The smallest absolute Gasteiger partial charge is 0.0411 e. The fourth-order valence-electron chi connectivity index (χ4n) is 2.25. The van der Waals surface area contributed by atoms with E-state index in [9.17, 15) is 0 Å². The highest BCUT2D eigenvalue weighted by Crippen LogP contribution is 2.36. The largest absolute Gasteiger partial charge is 0.313 e. The Morgan fingerprint density at radius 3 is 2.69 bits per heavy atom. The Kier molecular flexibility index (Phi) is 3.88. The van der Waals surface area contributed by atoms with Crippen molar-refractivity contribution in [2.45, 2.75) is 38.6 Å². The number of halogens is 1. The average molecular weight is 238 g/mol. The lowest BCUT2D eigenvalue weighted by Gasteiger charge is -2.17. The number of hydrogen-bond donors (Lipinski definition) is 1. The first-order valence-corrected chi connectivity index (χ1v) is 6.51. The molecule has 0 aliphatic heterocycles. The van der Waals surface area contributed by atoms with E-state index in [1.54, 1.807) is 0 Å². The fourth-order valence-corrected chi connectivity index (χ4v) is 2.55. The van der Waals surface area contributed by atoms with Crippen LogP contribution in [0.4, 0.5) is 0 Å². The van der Waals surface area contributed by atoms with Gasteiger partial charge >= 0.3 is 0 Å². The summed E-state index contributed by atoms with van der Waals surface area (Å²) in [6, 6.07) is 6.79. The first-order valence-electron chi connectivity index (χ1n) is 6.13. The van der Waals surface area contributed by atoms with Gasteiger partial charge in [-0.3, -0.25) is 0 Å². The van der Waals surface area contributed by atoms with Crippen molar-refractivity contribution >= 4 is 11.6 Å². The summed E-state index contributed by atoms with van der Waals surface area (Å²) in [5.41, 5.74) is 2.57. The van der Waals surface area contributed by atoms with Gasteiger partial charge in [-0.15, -0.1) is 0 Å². The lowest BCUT2D eigenvalue weighted by atomic mass is 9.99. The molecule has 1 nitrogen and oxygen atoms in total. The molecule has 1 N–H and O–H groups in total. The van der Waals surface area contributed by atoms with Crippen molar-refractivity contribution in [3.63, 3.8) is 0 Å². The summed E-state index contributed by atoms with van der Waals surface area (Å²) in [4.78, 5) is 0. The van der Waals surface area contributed by atoms with E-state index in [0.717, 1.165) is 10.9 Å². The quantitative estimate of drug-likeness (QED) is 0.813. The molecular weight excluding hydrogens is 218 g/mol. The van der Waals surface area contributed by atoms with E-state index in [0.29, 0.717) is 6.04 Å². The van der Waals surface area contributed by atoms with E-state index in [2.05, 4.69) is 24.4 Å². The van der Waals surface area contributed by atoms with E-state index in [1.807, 2.05) is 13.1 Å². The second-order valence-electron chi connectivity index (χ2n) is 4.92. The van der Waals surface area contributed by atoms with Crippen LogP contribution >= 0.6 is 11.6 Å². The van der Waals surface area contributed by atoms with Gasteiger partial charge in [-0.25, -0.2) is 0 Å². The van der Waals surface area contributed by atoms with Crippen LogP contribution in [0.2, 0.25) is 5.02 Å². The van der Waals surface area contributed by atoms with E-state index >= 15 is 0 Å². The predicted molar refractivity (Wildman–Crippen MR) is 69.9 cm³/mol. The number of rotatable bonds is 5. The molecule has 1 aromatic carbocycles. The number of aryl methyl sites for hydroxylation is 1. The van der Waals surface area contributed by atoms with Gasteiger partial charge in [0.25, 0.3) is 0 Å². The van der Waals surface area contributed by atoms with Crippen molar-refractivity contribution in [1.29, 1.82) is 0 Å². The lowest BCUT2D eigenvalue weighted by Crippen LogP contribution is -2.16. The van der Waals surface area contributed by atoms with Gasteiger partial charge in [-0.2, -0.15) is 0 Å². The molecule has 1 unspecified atom stereocenters. The average Bonchev–Trinajstić information content (AvgIpc) is 3.01. The molecule has 0 aromatic heterocycles. The normalized spacial score (nSPS) is 17.4. The molecule has 1 saturated carbocycles. The van der Waals surface area contributed by atoms with Crippen LogP contribution in [0.1, 0.15) is 42.9 Å². The Hall–Kier alpha value is -0.530. The Labute approximate surface area is 103 Å². The summed E-state index contributed by atoms with van der Waals surface area (Å²) < 4.78 is 0. The van der Waals surface area contributed by atoms with Gasteiger partial charge < -0.3 is 5.32 Å². The lowest BCUT2D eigenvalue weighted by molar-refractivity contribution is 0.506. The van der Waals surface area contributed by atoms with Crippen molar-refractivity contribution in [2.75, 3.05) is 7.05 Å². The van der Waals surface area contributed by atoms with Crippen molar-refractivity contribution in [3.05, 3.63) is 34.3 Å². The molecule has 2 heteroatoms. The second kappa shape index (κ2) is 5.20. The maximum absolute atomic E-state index is 6.10. The number of hydrogen-bond acceptors (Lipinski definition) is 1. The Morgan fingerprint density at radius 2 is 2.12 bits per heavy atom. The molecule has 0 amide bonds. The van der Waals surface area contributed by atoms with Crippen molar-refractivity contribution in [3.8, 4) is 0 Å². The maximum atomic E-state index is 6.10. The van der Waals surface area contributed by atoms with Crippen LogP contribution in [0.3, 0.4) is 0 Å². The Bertz CT molecular complexity index is 338. The zero-order valence-corrected chi connectivity index (χ0v) is 10.8. The second-order valence-corrected chi connectivity index (χ2v) is 5.36. The SMILES string of the molecule is CNC(CCC1CC1)c1cc(C)cc(Cl)c1. The fraction of sp³-hybridized carbons (Fsp3) is 0.571. The molecule has 2 rings (SSSR count). The van der Waals surface area contributed by atoms with Crippen molar-refractivity contribution in [2.24, 2.45) is 5.92 Å². The van der Waals surface area contributed by atoms with E-state index < -0.39 is 0 Å². The third-order valence-corrected chi connectivity index (χ3v) is 3.59. The molecule has 0 radical (unpaired) electrons. The minimum absolute atomic E-state index is 0.456. The molecule has 0 bridgehead atoms. The zero-order chi connectivity index (χ0) is 11.5.